The Bertz CT molecular complexity index is 713. The van der Waals surface area contributed by atoms with Crippen LogP contribution in [0, 0.1) is 20.8 Å². The molecular formula is C18H25N3O2S. The molecule has 0 spiro atoms. The highest BCUT2D eigenvalue weighted by atomic mass is 32.1. The fraction of sp³-hybridized carbons (Fsp3) is 0.444. The maximum atomic E-state index is 11.9. The predicted molar refractivity (Wildman–Crippen MR) is 99.1 cm³/mol. The van der Waals surface area contributed by atoms with E-state index in [1.165, 1.54) is 16.9 Å². The summed E-state index contributed by atoms with van der Waals surface area (Å²) in [6, 6.07) is 5.75. The number of thiazole rings is 1. The highest BCUT2D eigenvalue weighted by molar-refractivity contribution is 7.15. The summed E-state index contributed by atoms with van der Waals surface area (Å²) >= 11 is 1.46. The number of carbonyl (C=O) groups is 1. The van der Waals surface area contributed by atoms with Crippen molar-refractivity contribution >= 4 is 22.5 Å². The van der Waals surface area contributed by atoms with Gasteiger partial charge >= 0.3 is 6.03 Å². The van der Waals surface area contributed by atoms with Crippen LogP contribution >= 0.6 is 11.3 Å². The Hall–Kier alpha value is -2.08. The summed E-state index contributed by atoms with van der Waals surface area (Å²) in [6.07, 6.45) is 0. The lowest BCUT2D eigenvalue weighted by atomic mass is 9.85. The molecule has 24 heavy (non-hydrogen) atoms. The van der Waals surface area contributed by atoms with Crippen molar-refractivity contribution in [3.05, 3.63) is 39.9 Å². The summed E-state index contributed by atoms with van der Waals surface area (Å²) in [7, 11) is 0. The summed E-state index contributed by atoms with van der Waals surface area (Å²) in [5.41, 5.74) is 3.21. The molecule has 1 heterocycles. The van der Waals surface area contributed by atoms with Crippen LogP contribution in [0.5, 0.6) is 5.75 Å². The summed E-state index contributed by atoms with van der Waals surface area (Å²) in [4.78, 5) is 17.3. The van der Waals surface area contributed by atoms with E-state index in [4.69, 9.17) is 4.74 Å². The topological polar surface area (TPSA) is 63.2 Å². The molecular weight excluding hydrogens is 322 g/mol. The lowest BCUT2D eigenvalue weighted by Crippen LogP contribution is -2.32. The second-order valence-corrected chi connectivity index (χ2v) is 8.03. The van der Waals surface area contributed by atoms with E-state index in [0.717, 1.165) is 21.9 Å². The molecule has 0 saturated heterocycles. The van der Waals surface area contributed by atoms with E-state index >= 15 is 0 Å². The van der Waals surface area contributed by atoms with Gasteiger partial charge in [-0.1, -0.05) is 38.5 Å². The van der Waals surface area contributed by atoms with Gasteiger partial charge < -0.3 is 10.1 Å². The van der Waals surface area contributed by atoms with Crippen molar-refractivity contribution in [3.8, 4) is 5.75 Å². The number of rotatable bonds is 4. The number of hydrogen-bond acceptors (Lipinski definition) is 4. The molecule has 2 rings (SSSR count). The van der Waals surface area contributed by atoms with Gasteiger partial charge in [-0.25, -0.2) is 9.78 Å². The number of amides is 2. The van der Waals surface area contributed by atoms with Crippen LogP contribution in [0.4, 0.5) is 9.93 Å². The minimum absolute atomic E-state index is 0.0282. The van der Waals surface area contributed by atoms with Crippen LogP contribution in [-0.4, -0.2) is 17.7 Å². The molecule has 2 N–H and O–H groups in total. The molecule has 0 bridgehead atoms. The first kappa shape index (κ1) is 18.3. The number of nitrogens with zero attached hydrogens (tertiary/aromatic N) is 1. The van der Waals surface area contributed by atoms with E-state index in [1.807, 2.05) is 26.0 Å². The van der Waals surface area contributed by atoms with E-state index in [2.05, 4.69) is 49.4 Å². The van der Waals surface area contributed by atoms with Crippen molar-refractivity contribution < 1.29 is 9.53 Å². The van der Waals surface area contributed by atoms with Gasteiger partial charge in [-0.3, -0.25) is 5.32 Å². The quantitative estimate of drug-likeness (QED) is 0.799. The lowest BCUT2D eigenvalue weighted by molar-refractivity contribution is 0.233. The minimum Gasteiger partial charge on any atom is -0.473 e. The van der Waals surface area contributed by atoms with Crippen LogP contribution in [0.2, 0.25) is 0 Å². The van der Waals surface area contributed by atoms with Crippen molar-refractivity contribution in [2.75, 3.05) is 12.0 Å². The van der Waals surface area contributed by atoms with Crippen LogP contribution in [0.3, 0.4) is 0 Å². The largest absolute Gasteiger partial charge is 0.473 e. The van der Waals surface area contributed by atoms with E-state index in [9.17, 15) is 4.79 Å². The van der Waals surface area contributed by atoms with Gasteiger partial charge in [0, 0.05) is 4.88 Å². The van der Waals surface area contributed by atoms with E-state index in [-0.39, 0.29) is 18.2 Å². The smallest absolute Gasteiger partial charge is 0.323 e. The number of urea groups is 1. The van der Waals surface area contributed by atoms with Crippen molar-refractivity contribution in [1.82, 2.24) is 10.3 Å². The molecule has 0 unspecified atom stereocenters. The molecule has 0 aliphatic rings. The van der Waals surface area contributed by atoms with Gasteiger partial charge in [0.25, 0.3) is 0 Å². The molecule has 130 valence electrons. The van der Waals surface area contributed by atoms with E-state index in [0.29, 0.717) is 5.13 Å². The average Bonchev–Trinajstić information content (AvgIpc) is 2.77. The van der Waals surface area contributed by atoms with Gasteiger partial charge in [-0.05, 0) is 37.8 Å². The predicted octanol–water partition coefficient (Wildman–Crippen LogP) is 4.52. The summed E-state index contributed by atoms with van der Waals surface area (Å²) < 4.78 is 5.77. The third-order valence-electron chi connectivity index (χ3n) is 3.65. The number of ether oxygens (including phenoxy) is 1. The molecule has 1 aromatic carbocycles. The second-order valence-electron chi connectivity index (χ2n) is 6.83. The molecule has 1 aromatic heterocycles. The Morgan fingerprint density at radius 3 is 2.54 bits per heavy atom. The van der Waals surface area contributed by atoms with Crippen molar-refractivity contribution in [2.24, 2.45) is 0 Å². The van der Waals surface area contributed by atoms with E-state index < -0.39 is 0 Å². The van der Waals surface area contributed by atoms with Gasteiger partial charge in [0.05, 0.1) is 5.69 Å². The number of carbonyl (C=O) groups excluding carboxylic acids is 1. The Morgan fingerprint density at radius 2 is 1.96 bits per heavy atom. The molecule has 0 aliphatic carbocycles. The van der Waals surface area contributed by atoms with Crippen molar-refractivity contribution in [3.63, 3.8) is 0 Å². The number of aryl methyl sites for hydroxylation is 3. The number of nitrogens with one attached hydrogen (secondary N) is 2. The first-order valence-electron chi connectivity index (χ1n) is 7.89. The van der Waals surface area contributed by atoms with Crippen molar-refractivity contribution in [1.29, 1.82) is 0 Å². The first-order valence-corrected chi connectivity index (χ1v) is 8.71. The number of aromatic nitrogens is 1. The van der Waals surface area contributed by atoms with Gasteiger partial charge in [0.1, 0.15) is 5.75 Å². The SMILES string of the molecule is Cc1ccc(OCNC(=O)Nc2nc(C)c(C)s2)c(C(C)(C)C)c1. The Kier molecular flexibility index (Phi) is 5.49. The van der Waals surface area contributed by atoms with Crippen LogP contribution in [-0.2, 0) is 5.41 Å². The molecule has 0 atom stereocenters. The van der Waals surface area contributed by atoms with Crippen LogP contribution in [0.15, 0.2) is 18.2 Å². The van der Waals surface area contributed by atoms with Gasteiger partial charge in [-0.15, -0.1) is 11.3 Å². The molecule has 0 fully saturated rings. The summed E-state index contributed by atoms with van der Waals surface area (Å²) in [5, 5.41) is 6.01. The highest BCUT2D eigenvalue weighted by Crippen LogP contribution is 2.32. The molecule has 6 heteroatoms. The molecule has 2 aromatic rings. The standard InChI is InChI=1S/C18H25N3O2S/c1-11-7-8-15(14(9-11)18(4,5)6)23-10-19-16(22)21-17-20-12(2)13(3)24-17/h7-9H,10H2,1-6H3,(H2,19,20,21,22). The zero-order valence-corrected chi connectivity index (χ0v) is 15.9. The molecule has 5 nitrogen and oxygen atoms in total. The maximum absolute atomic E-state index is 11.9. The monoisotopic (exact) mass is 347 g/mol. The van der Waals surface area contributed by atoms with Gasteiger partial charge in [0.2, 0.25) is 0 Å². The second kappa shape index (κ2) is 7.21. The Morgan fingerprint density at radius 1 is 1.25 bits per heavy atom. The van der Waals surface area contributed by atoms with Crippen LogP contribution in [0.25, 0.3) is 0 Å². The lowest BCUT2D eigenvalue weighted by Gasteiger charge is -2.23. The van der Waals surface area contributed by atoms with Gasteiger partial charge in [0.15, 0.2) is 11.9 Å². The maximum Gasteiger partial charge on any atom is 0.323 e. The third kappa shape index (κ3) is 4.71. The molecule has 0 aliphatic heterocycles. The molecule has 2 amide bonds. The average molecular weight is 347 g/mol. The fourth-order valence-corrected chi connectivity index (χ4v) is 3.01. The van der Waals surface area contributed by atoms with Crippen molar-refractivity contribution in [2.45, 2.75) is 47.0 Å². The normalized spacial score (nSPS) is 11.2. The Balaban J connectivity index is 1.93. The number of hydrogen-bond donors (Lipinski definition) is 2. The minimum atomic E-state index is -0.326. The zero-order valence-electron chi connectivity index (χ0n) is 15.1. The zero-order chi connectivity index (χ0) is 17.9. The summed E-state index contributed by atoms with van der Waals surface area (Å²) in [5.74, 6) is 0.786. The fourth-order valence-electron chi connectivity index (χ4n) is 2.20. The molecule has 0 radical (unpaired) electrons. The first-order chi connectivity index (χ1) is 11.2. The van der Waals surface area contributed by atoms with Gasteiger partial charge in [-0.2, -0.15) is 0 Å². The molecule has 0 saturated carbocycles. The highest BCUT2D eigenvalue weighted by Gasteiger charge is 2.19. The number of anilines is 1. The van der Waals surface area contributed by atoms with Crippen LogP contribution in [0.1, 0.15) is 42.5 Å². The third-order valence-corrected chi connectivity index (χ3v) is 4.64. The number of benzene rings is 1. The summed E-state index contributed by atoms with van der Waals surface area (Å²) in [6.45, 7) is 12.5. The van der Waals surface area contributed by atoms with Crippen LogP contribution < -0.4 is 15.4 Å². The Labute approximate surface area is 147 Å². The van der Waals surface area contributed by atoms with E-state index in [1.54, 1.807) is 0 Å².